The van der Waals surface area contributed by atoms with Crippen molar-refractivity contribution in [3.05, 3.63) is 143 Å². The molecule has 2 aromatic heterocycles. The minimum Gasteiger partial charge on any atom is -0.494 e. The molecule has 0 fully saturated rings. The monoisotopic (exact) mass is 640 g/mol. The first-order chi connectivity index (χ1) is 21.7. The lowest BCUT2D eigenvalue weighted by molar-refractivity contribution is -0.113. The smallest absolute Gasteiger partial charge is 0.271 e. The number of nitrogens with zero attached hydrogens (tertiary/aromatic N) is 3. The molecule has 0 spiro atoms. The van der Waals surface area contributed by atoms with Gasteiger partial charge in [0.15, 0.2) is 4.80 Å². The highest BCUT2D eigenvalue weighted by Gasteiger charge is 2.32. The standard InChI is InChI=1S/C35H30ClFN4O3S/c1-5-44-27-14-11-23(12-15-27)32-31(33(42)39-25-9-7-6-8-10-25)21(3)38-35-41(32)34(43)30(45-35)18-24-17-20(2)40(22(24)4)26-13-16-29(37)28(36)19-26/h6-19,32H,5H2,1-4H3,(H,39,42)/b30-18+/t32-/m0/s1. The van der Waals surface area contributed by atoms with E-state index in [1.165, 1.54) is 17.4 Å². The summed E-state index contributed by atoms with van der Waals surface area (Å²) in [4.78, 5) is 33.2. The van der Waals surface area contributed by atoms with E-state index in [-0.39, 0.29) is 16.5 Å². The number of rotatable bonds is 7. The Hall–Kier alpha value is -4.73. The van der Waals surface area contributed by atoms with Crippen LogP contribution in [0, 0.1) is 19.7 Å². The number of carbonyl (C=O) groups is 1. The van der Waals surface area contributed by atoms with E-state index in [0.717, 1.165) is 28.2 Å². The van der Waals surface area contributed by atoms with E-state index in [1.54, 1.807) is 23.6 Å². The van der Waals surface area contributed by atoms with E-state index in [2.05, 4.69) is 5.32 Å². The molecule has 1 aliphatic rings. The van der Waals surface area contributed by atoms with Crippen LogP contribution in [0.2, 0.25) is 5.02 Å². The first kappa shape index (κ1) is 30.3. The van der Waals surface area contributed by atoms with Gasteiger partial charge in [-0.2, -0.15) is 0 Å². The van der Waals surface area contributed by atoms with Crippen LogP contribution < -0.4 is 24.9 Å². The Bertz CT molecular complexity index is 2150. The van der Waals surface area contributed by atoms with Gasteiger partial charge in [-0.05, 0) is 93.4 Å². The summed E-state index contributed by atoms with van der Waals surface area (Å²) in [6.07, 6.45) is 1.84. The molecule has 45 heavy (non-hydrogen) atoms. The zero-order chi connectivity index (χ0) is 31.8. The number of nitrogens with one attached hydrogen (secondary N) is 1. The van der Waals surface area contributed by atoms with Crippen molar-refractivity contribution in [1.82, 2.24) is 9.13 Å². The molecule has 10 heteroatoms. The molecule has 0 radical (unpaired) electrons. The van der Waals surface area contributed by atoms with Crippen LogP contribution in [0.4, 0.5) is 10.1 Å². The summed E-state index contributed by atoms with van der Waals surface area (Å²) >= 11 is 7.34. The summed E-state index contributed by atoms with van der Waals surface area (Å²) in [5.74, 6) is -0.127. The highest BCUT2D eigenvalue weighted by atomic mass is 35.5. The predicted molar refractivity (Wildman–Crippen MR) is 177 cm³/mol. The van der Waals surface area contributed by atoms with Gasteiger partial charge in [0.05, 0.1) is 33.5 Å². The molecule has 0 saturated heterocycles. The average Bonchev–Trinajstić information content (AvgIpc) is 3.48. The van der Waals surface area contributed by atoms with Crippen molar-refractivity contribution in [1.29, 1.82) is 0 Å². The van der Waals surface area contributed by atoms with Gasteiger partial charge in [0, 0.05) is 22.8 Å². The minimum absolute atomic E-state index is 0.0339. The van der Waals surface area contributed by atoms with Crippen LogP contribution in [0.15, 0.2) is 99.9 Å². The third kappa shape index (κ3) is 5.77. The fraction of sp³-hybridized carbons (Fsp3) is 0.171. The Labute approximate surface area is 268 Å². The van der Waals surface area contributed by atoms with Gasteiger partial charge in [-0.15, -0.1) is 0 Å². The molecule has 1 N–H and O–H groups in total. The van der Waals surface area contributed by atoms with Gasteiger partial charge >= 0.3 is 0 Å². The van der Waals surface area contributed by atoms with Crippen molar-refractivity contribution >= 4 is 40.6 Å². The molecule has 0 aliphatic carbocycles. The average molecular weight is 641 g/mol. The maximum absolute atomic E-state index is 14.2. The highest BCUT2D eigenvalue weighted by Crippen LogP contribution is 2.32. The summed E-state index contributed by atoms with van der Waals surface area (Å²) in [6.45, 7) is 8.10. The number of aromatic nitrogens is 2. The van der Waals surface area contributed by atoms with Crippen molar-refractivity contribution in [3.8, 4) is 11.4 Å². The molecule has 0 unspecified atom stereocenters. The van der Waals surface area contributed by atoms with Crippen molar-refractivity contribution in [2.24, 2.45) is 4.99 Å². The van der Waals surface area contributed by atoms with Gasteiger partial charge < -0.3 is 14.6 Å². The van der Waals surface area contributed by atoms with Crippen LogP contribution in [0.25, 0.3) is 11.8 Å². The second-order valence-electron chi connectivity index (χ2n) is 10.7. The van der Waals surface area contributed by atoms with Crippen LogP contribution in [-0.4, -0.2) is 21.6 Å². The third-order valence-electron chi connectivity index (χ3n) is 7.72. The number of allylic oxidation sites excluding steroid dienone is 1. The fourth-order valence-electron chi connectivity index (χ4n) is 5.66. The lowest BCUT2D eigenvalue weighted by Crippen LogP contribution is -2.40. The SMILES string of the molecule is CCOc1ccc([C@H]2C(C(=O)Nc3ccccc3)=C(C)N=c3s/c(=C/c4cc(C)n(-c5ccc(F)c(Cl)c5)c4C)c(=O)n32)cc1. The topological polar surface area (TPSA) is 77.6 Å². The summed E-state index contributed by atoms with van der Waals surface area (Å²) < 4.78 is 23.5. The largest absolute Gasteiger partial charge is 0.494 e. The van der Waals surface area contributed by atoms with E-state index >= 15 is 0 Å². The van der Waals surface area contributed by atoms with Gasteiger partial charge in [-0.3, -0.25) is 14.2 Å². The van der Waals surface area contributed by atoms with Crippen LogP contribution in [0.5, 0.6) is 5.75 Å². The second-order valence-corrected chi connectivity index (χ2v) is 12.1. The summed E-state index contributed by atoms with van der Waals surface area (Å²) in [5, 5.41) is 3.01. The number of benzene rings is 3. The number of para-hydroxylation sites is 1. The quantitative estimate of drug-likeness (QED) is 0.221. The number of anilines is 1. The van der Waals surface area contributed by atoms with E-state index in [0.29, 0.717) is 38.6 Å². The number of halogens is 2. The number of hydrogen-bond acceptors (Lipinski definition) is 5. The summed E-state index contributed by atoms with van der Waals surface area (Å²) in [5.41, 5.74) is 5.36. The van der Waals surface area contributed by atoms with Crippen molar-refractivity contribution in [2.75, 3.05) is 11.9 Å². The Balaban J connectivity index is 1.48. The Morgan fingerprint density at radius 3 is 2.49 bits per heavy atom. The first-order valence-electron chi connectivity index (χ1n) is 14.4. The minimum atomic E-state index is -0.712. The molecule has 1 aliphatic heterocycles. The van der Waals surface area contributed by atoms with E-state index in [4.69, 9.17) is 21.3 Å². The Morgan fingerprint density at radius 2 is 1.80 bits per heavy atom. The maximum atomic E-state index is 14.2. The molecule has 228 valence electrons. The molecule has 6 rings (SSSR count). The molecular weight excluding hydrogens is 611 g/mol. The van der Waals surface area contributed by atoms with Crippen LogP contribution in [-0.2, 0) is 4.79 Å². The zero-order valence-corrected chi connectivity index (χ0v) is 26.7. The van der Waals surface area contributed by atoms with E-state index in [1.807, 2.05) is 92.1 Å². The molecule has 3 aromatic carbocycles. The number of carbonyl (C=O) groups excluding carboxylic acids is 1. The molecule has 1 atom stereocenters. The number of thiazole rings is 1. The number of amides is 1. The molecular formula is C35H30ClFN4O3S. The second kappa shape index (κ2) is 12.3. The Morgan fingerprint density at radius 1 is 1.07 bits per heavy atom. The number of aryl methyl sites for hydroxylation is 1. The predicted octanol–water partition coefficient (Wildman–Crippen LogP) is 6.47. The molecule has 7 nitrogen and oxygen atoms in total. The third-order valence-corrected chi connectivity index (χ3v) is 9.00. The first-order valence-corrected chi connectivity index (χ1v) is 15.6. The Kier molecular flexibility index (Phi) is 8.31. The summed E-state index contributed by atoms with van der Waals surface area (Å²) in [6, 6.07) is 22.5. The van der Waals surface area contributed by atoms with Crippen LogP contribution in [0.1, 0.15) is 42.4 Å². The molecule has 0 bridgehead atoms. The van der Waals surface area contributed by atoms with Crippen LogP contribution in [0.3, 0.4) is 0 Å². The number of ether oxygens (including phenoxy) is 1. The number of hydrogen-bond donors (Lipinski definition) is 1. The van der Waals surface area contributed by atoms with E-state index in [9.17, 15) is 14.0 Å². The van der Waals surface area contributed by atoms with E-state index < -0.39 is 11.9 Å². The van der Waals surface area contributed by atoms with Gasteiger partial charge in [0.1, 0.15) is 11.6 Å². The van der Waals surface area contributed by atoms with Gasteiger partial charge in [-0.25, -0.2) is 9.38 Å². The normalized spacial score (nSPS) is 14.7. The fourth-order valence-corrected chi connectivity index (χ4v) is 6.87. The van der Waals surface area contributed by atoms with Crippen LogP contribution >= 0.6 is 22.9 Å². The number of fused-ring (bicyclic) bond motifs is 1. The molecule has 3 heterocycles. The summed E-state index contributed by atoms with van der Waals surface area (Å²) in [7, 11) is 0. The van der Waals surface area contributed by atoms with Gasteiger partial charge in [0.2, 0.25) is 0 Å². The lowest BCUT2D eigenvalue weighted by Gasteiger charge is -2.25. The maximum Gasteiger partial charge on any atom is 0.271 e. The molecule has 0 saturated carbocycles. The highest BCUT2D eigenvalue weighted by molar-refractivity contribution is 7.07. The van der Waals surface area contributed by atoms with Gasteiger partial charge in [0.25, 0.3) is 11.5 Å². The molecule has 1 amide bonds. The lowest BCUT2D eigenvalue weighted by atomic mass is 9.95. The van der Waals surface area contributed by atoms with Crippen molar-refractivity contribution < 1.29 is 13.9 Å². The zero-order valence-electron chi connectivity index (χ0n) is 25.1. The van der Waals surface area contributed by atoms with Crippen molar-refractivity contribution in [3.63, 3.8) is 0 Å². The van der Waals surface area contributed by atoms with Gasteiger partial charge in [-0.1, -0.05) is 53.3 Å². The molecule has 5 aromatic rings. The van der Waals surface area contributed by atoms with Crippen molar-refractivity contribution in [2.45, 2.75) is 33.7 Å².